The molecule has 0 saturated heterocycles. The SMILES string of the molecule is CCC/C=C\C/C=C\CCCCCCCC(=O)OC(CO)COP(=O)(O)OCC(COC(=O)CCCCCCC/C=C\CCCCCC)OC(=O)CCCCCCCC/C=C\C/C=C\C/C=C\CCCCC. The first-order chi connectivity index (χ1) is 35.2. The Kier molecular flexibility index (Phi) is 51.9. The summed E-state index contributed by atoms with van der Waals surface area (Å²) in [5, 5.41) is 9.80. The number of hydrogen-bond donors (Lipinski definition) is 2. The molecule has 0 aliphatic carbocycles. The molecule has 0 fully saturated rings. The molecule has 0 saturated carbocycles. The van der Waals surface area contributed by atoms with Gasteiger partial charge in [-0.15, -0.1) is 0 Å². The van der Waals surface area contributed by atoms with Gasteiger partial charge in [-0.2, -0.15) is 0 Å². The lowest BCUT2D eigenvalue weighted by Gasteiger charge is -2.21. The lowest BCUT2D eigenvalue weighted by Crippen LogP contribution is -2.30. The van der Waals surface area contributed by atoms with E-state index < -0.39 is 57.8 Å². The summed E-state index contributed by atoms with van der Waals surface area (Å²) in [4.78, 5) is 48.5. The normalized spacial score (nSPS) is 13.9. The van der Waals surface area contributed by atoms with Crippen LogP contribution in [0.2, 0.25) is 0 Å². The minimum atomic E-state index is -4.76. The first kappa shape index (κ1) is 68.9. The molecule has 3 atom stereocenters. The van der Waals surface area contributed by atoms with Crippen molar-refractivity contribution in [3.63, 3.8) is 0 Å². The molecule has 416 valence electrons. The van der Waals surface area contributed by atoms with Crippen LogP contribution >= 0.6 is 7.82 Å². The average molecular weight is 1030 g/mol. The van der Waals surface area contributed by atoms with Crippen LogP contribution < -0.4 is 0 Å². The number of hydrogen-bond acceptors (Lipinski definition) is 10. The van der Waals surface area contributed by atoms with E-state index in [0.717, 1.165) is 135 Å². The van der Waals surface area contributed by atoms with E-state index in [-0.39, 0.29) is 25.9 Å². The maximum atomic E-state index is 12.9. The smallest absolute Gasteiger partial charge is 0.462 e. The van der Waals surface area contributed by atoms with Crippen molar-refractivity contribution in [3.05, 3.63) is 72.9 Å². The van der Waals surface area contributed by atoms with Gasteiger partial charge in [-0.05, 0) is 109 Å². The van der Waals surface area contributed by atoms with Crippen LogP contribution in [0.25, 0.3) is 0 Å². The van der Waals surface area contributed by atoms with Crippen LogP contribution in [0.3, 0.4) is 0 Å². The van der Waals surface area contributed by atoms with Gasteiger partial charge in [0, 0.05) is 19.3 Å². The topological polar surface area (TPSA) is 155 Å². The number of phosphoric ester groups is 1. The number of esters is 3. The molecule has 12 heteroatoms. The van der Waals surface area contributed by atoms with Crippen molar-refractivity contribution >= 4 is 25.7 Å². The van der Waals surface area contributed by atoms with Crippen molar-refractivity contribution in [1.82, 2.24) is 0 Å². The van der Waals surface area contributed by atoms with Gasteiger partial charge in [-0.1, -0.05) is 196 Å². The number of allylic oxidation sites excluding steroid dienone is 12. The third kappa shape index (κ3) is 51.8. The third-order valence-electron chi connectivity index (χ3n) is 12.1. The van der Waals surface area contributed by atoms with Crippen molar-refractivity contribution in [1.29, 1.82) is 0 Å². The number of rotatable bonds is 53. The molecule has 0 aromatic rings. The van der Waals surface area contributed by atoms with Crippen molar-refractivity contribution in [2.24, 2.45) is 0 Å². The highest BCUT2D eigenvalue weighted by Gasteiger charge is 2.28. The molecule has 0 spiro atoms. The highest BCUT2D eigenvalue weighted by molar-refractivity contribution is 7.47. The third-order valence-corrected chi connectivity index (χ3v) is 13.0. The number of ether oxygens (including phenoxy) is 3. The fraction of sp³-hybridized carbons (Fsp3) is 0.750. The summed E-state index contributed by atoms with van der Waals surface area (Å²) >= 11 is 0. The van der Waals surface area contributed by atoms with E-state index in [9.17, 15) is 28.9 Å². The summed E-state index contributed by atoms with van der Waals surface area (Å²) < 4.78 is 39.5. The van der Waals surface area contributed by atoms with Crippen LogP contribution in [0.15, 0.2) is 72.9 Å². The summed E-state index contributed by atoms with van der Waals surface area (Å²) in [7, 11) is -4.76. The second-order valence-electron chi connectivity index (χ2n) is 19.1. The molecule has 0 aromatic heterocycles. The molecular formula is C60H105O11P. The Hall–Kier alpha value is -3.08. The van der Waals surface area contributed by atoms with Crippen LogP contribution in [0.1, 0.15) is 252 Å². The molecule has 0 aromatic carbocycles. The summed E-state index contributed by atoms with van der Waals surface area (Å²) in [6.07, 6.45) is 60.0. The van der Waals surface area contributed by atoms with Crippen LogP contribution in [-0.2, 0) is 42.2 Å². The predicted octanol–water partition coefficient (Wildman–Crippen LogP) is 16.9. The molecule has 0 amide bonds. The van der Waals surface area contributed by atoms with Crippen molar-refractivity contribution < 1.29 is 52.2 Å². The van der Waals surface area contributed by atoms with E-state index >= 15 is 0 Å². The second kappa shape index (κ2) is 54.2. The Morgan fingerprint density at radius 2 is 0.708 bits per heavy atom. The van der Waals surface area contributed by atoms with Gasteiger partial charge in [-0.25, -0.2) is 4.57 Å². The minimum absolute atomic E-state index is 0.149. The van der Waals surface area contributed by atoms with Gasteiger partial charge < -0.3 is 24.2 Å². The largest absolute Gasteiger partial charge is 0.472 e. The van der Waals surface area contributed by atoms with Crippen molar-refractivity contribution in [2.45, 2.75) is 264 Å². The predicted molar refractivity (Wildman–Crippen MR) is 298 cm³/mol. The molecule has 0 aliphatic heterocycles. The maximum absolute atomic E-state index is 12.9. The Balaban J connectivity index is 4.76. The van der Waals surface area contributed by atoms with E-state index in [1.807, 2.05) is 0 Å². The molecule has 0 rings (SSSR count). The van der Waals surface area contributed by atoms with E-state index in [1.165, 1.54) is 57.8 Å². The summed E-state index contributed by atoms with van der Waals surface area (Å²) in [6, 6.07) is 0. The van der Waals surface area contributed by atoms with E-state index in [4.69, 9.17) is 23.3 Å². The highest BCUT2D eigenvalue weighted by Crippen LogP contribution is 2.43. The van der Waals surface area contributed by atoms with E-state index in [1.54, 1.807) is 0 Å². The number of carbonyl (C=O) groups excluding carboxylic acids is 3. The maximum Gasteiger partial charge on any atom is 0.472 e. The fourth-order valence-electron chi connectivity index (χ4n) is 7.63. The highest BCUT2D eigenvalue weighted by atomic mass is 31.2. The van der Waals surface area contributed by atoms with E-state index in [2.05, 4.69) is 93.7 Å². The minimum Gasteiger partial charge on any atom is -0.462 e. The number of aliphatic hydroxyl groups is 1. The van der Waals surface area contributed by atoms with Crippen LogP contribution in [-0.4, -0.2) is 66.5 Å². The number of aliphatic hydroxyl groups excluding tert-OH is 1. The number of carbonyl (C=O) groups is 3. The fourth-order valence-corrected chi connectivity index (χ4v) is 8.41. The Morgan fingerprint density at radius 3 is 1.14 bits per heavy atom. The lowest BCUT2D eigenvalue weighted by molar-refractivity contribution is -0.161. The van der Waals surface area contributed by atoms with Gasteiger partial charge >= 0.3 is 25.7 Å². The Morgan fingerprint density at radius 1 is 0.389 bits per heavy atom. The molecule has 0 radical (unpaired) electrons. The van der Waals surface area contributed by atoms with Gasteiger partial charge in [0.25, 0.3) is 0 Å². The first-order valence-electron chi connectivity index (χ1n) is 28.8. The molecule has 2 N–H and O–H groups in total. The summed E-state index contributed by atoms with van der Waals surface area (Å²) in [5.41, 5.74) is 0. The zero-order chi connectivity index (χ0) is 52.7. The first-order valence-corrected chi connectivity index (χ1v) is 30.3. The van der Waals surface area contributed by atoms with Gasteiger partial charge in [0.15, 0.2) is 6.10 Å². The summed E-state index contributed by atoms with van der Waals surface area (Å²) in [6.45, 7) is 4.50. The Bertz CT molecular complexity index is 1490. The van der Waals surface area contributed by atoms with Crippen LogP contribution in [0.4, 0.5) is 0 Å². The zero-order valence-electron chi connectivity index (χ0n) is 45.9. The average Bonchev–Trinajstić information content (AvgIpc) is 3.37. The molecule has 0 aliphatic rings. The molecule has 72 heavy (non-hydrogen) atoms. The number of unbranched alkanes of at least 4 members (excludes halogenated alkanes) is 24. The van der Waals surface area contributed by atoms with Crippen molar-refractivity contribution in [3.8, 4) is 0 Å². The zero-order valence-corrected chi connectivity index (χ0v) is 46.8. The molecule has 11 nitrogen and oxygen atoms in total. The van der Waals surface area contributed by atoms with Gasteiger partial charge in [0.2, 0.25) is 0 Å². The lowest BCUT2D eigenvalue weighted by atomic mass is 10.1. The van der Waals surface area contributed by atoms with Gasteiger partial charge in [0.1, 0.15) is 12.7 Å². The van der Waals surface area contributed by atoms with Crippen LogP contribution in [0.5, 0.6) is 0 Å². The van der Waals surface area contributed by atoms with Crippen molar-refractivity contribution in [2.75, 3.05) is 26.4 Å². The van der Waals surface area contributed by atoms with Gasteiger partial charge in [0.05, 0.1) is 19.8 Å². The van der Waals surface area contributed by atoms with Crippen LogP contribution in [0, 0.1) is 0 Å². The second-order valence-corrected chi connectivity index (χ2v) is 20.5. The quantitative estimate of drug-likeness (QED) is 0.0197. The molecule has 0 bridgehead atoms. The number of phosphoric acid groups is 1. The molecular weight excluding hydrogens is 928 g/mol. The van der Waals surface area contributed by atoms with Gasteiger partial charge in [-0.3, -0.25) is 23.4 Å². The van der Waals surface area contributed by atoms with E-state index in [0.29, 0.717) is 19.3 Å². The molecule has 0 heterocycles. The monoisotopic (exact) mass is 1030 g/mol. The standard InChI is InChI=1S/C60H105O11P/c1-4-7-10-13-16-19-22-25-26-27-28-29-30-33-36-39-42-45-48-51-60(64)71-57(53-67-58(62)49-46-43-40-37-34-31-23-20-17-14-11-8-5-2)55-69-72(65,66)68-54-56(52-61)70-59(63)50-47-44-41-38-35-32-24-21-18-15-12-9-6-3/h12,15-16,19-21,23-26,28-29,56-57,61H,4-11,13-14,17-18,22,27,30-55H2,1-3H3,(H,65,66)/b15-12-,19-16-,23-20-,24-21-,26-25-,29-28-. The molecule has 3 unspecified atom stereocenters. The summed E-state index contributed by atoms with van der Waals surface area (Å²) in [5.74, 6) is -1.50. The Labute approximate surface area is 439 Å².